The number of carbonyl (C=O) groups is 1. The highest BCUT2D eigenvalue weighted by Crippen LogP contribution is 2.43. The second kappa shape index (κ2) is 4.34. The van der Waals surface area contributed by atoms with Crippen molar-refractivity contribution >= 4 is 22.5 Å². The Morgan fingerprint density at radius 2 is 1.56 bits per heavy atom. The van der Waals surface area contributed by atoms with Crippen LogP contribution in [0.4, 0.5) is 32.0 Å². The van der Waals surface area contributed by atoms with Crippen molar-refractivity contribution in [2.45, 2.75) is 12.4 Å². The summed E-state index contributed by atoms with van der Waals surface area (Å²) in [4.78, 5) is 10.8. The third-order valence-electron chi connectivity index (χ3n) is 2.05. The summed E-state index contributed by atoms with van der Waals surface area (Å²) in [6.45, 7) is 0. The summed E-state index contributed by atoms with van der Waals surface area (Å²) in [5.41, 5.74) is -1.39. The molecule has 1 aromatic carbocycles. The molecule has 0 unspecified atom stereocenters. The fraction of sp³-hybridized carbons (Fsp3) is 0.222. The van der Waals surface area contributed by atoms with Gasteiger partial charge in [0, 0.05) is 5.56 Å². The maximum Gasteiger partial charge on any atom is 0.419 e. The van der Waals surface area contributed by atoms with E-state index in [1.165, 1.54) is 0 Å². The Labute approximate surface area is 101 Å². The van der Waals surface area contributed by atoms with Crippen LogP contribution in [0.2, 0.25) is 0 Å². The second-order valence-corrected chi connectivity index (χ2v) is 3.56. The lowest BCUT2D eigenvalue weighted by Crippen LogP contribution is -2.19. The van der Waals surface area contributed by atoms with Gasteiger partial charge in [-0.15, -0.1) is 0 Å². The van der Waals surface area contributed by atoms with Gasteiger partial charge < -0.3 is 5.73 Å². The molecule has 2 N–H and O–H groups in total. The molecular weight excluding hydrogens is 288 g/mol. The molecule has 1 aromatic rings. The lowest BCUT2D eigenvalue weighted by atomic mass is 10.0. The third kappa shape index (κ3) is 2.69. The first-order valence-corrected chi connectivity index (χ1v) is 4.60. The lowest BCUT2D eigenvalue weighted by Gasteiger charge is -2.17. The quantitative estimate of drug-likeness (QED) is 0.487. The molecule has 9 heteroatoms. The smallest absolute Gasteiger partial charge is 0.398 e. The van der Waals surface area contributed by atoms with Gasteiger partial charge in [0.05, 0.1) is 16.8 Å². The molecule has 0 saturated carbocycles. The summed E-state index contributed by atoms with van der Waals surface area (Å²) in [5.74, 6) is 0. The Morgan fingerprint density at radius 3 is 1.89 bits per heavy atom. The third-order valence-corrected chi connectivity index (χ3v) is 2.25. The second-order valence-electron chi connectivity index (χ2n) is 3.22. The summed E-state index contributed by atoms with van der Waals surface area (Å²) in [7, 11) is 0. The summed E-state index contributed by atoms with van der Waals surface area (Å²) in [6.07, 6.45) is -10.3. The van der Waals surface area contributed by atoms with Gasteiger partial charge in [-0.25, -0.2) is 0 Å². The average molecular weight is 292 g/mol. The van der Waals surface area contributed by atoms with E-state index in [-0.39, 0.29) is 6.07 Å². The highest BCUT2D eigenvalue weighted by Gasteiger charge is 2.42. The Hall–Kier alpha value is -1.44. The van der Waals surface area contributed by atoms with Crippen LogP contribution in [0.15, 0.2) is 12.1 Å². The van der Waals surface area contributed by atoms with Crippen molar-refractivity contribution in [2.75, 3.05) is 5.73 Å². The van der Waals surface area contributed by atoms with Crippen molar-refractivity contribution in [3.63, 3.8) is 0 Å². The first-order chi connectivity index (χ1) is 7.96. The standard InChI is InChI=1S/C9H4ClF6NO/c10-7(18)3-1-2-4(8(11,12)13)6(17)5(3)9(14,15)16/h1-2H,17H2. The van der Waals surface area contributed by atoms with Crippen molar-refractivity contribution < 1.29 is 31.1 Å². The number of alkyl halides is 6. The molecule has 0 radical (unpaired) electrons. The van der Waals surface area contributed by atoms with E-state index in [0.717, 1.165) is 0 Å². The molecule has 2 nitrogen and oxygen atoms in total. The number of hydrogen-bond acceptors (Lipinski definition) is 2. The number of nitrogen functional groups attached to an aromatic ring is 1. The number of halogens is 7. The molecule has 0 heterocycles. The van der Waals surface area contributed by atoms with Gasteiger partial charge in [-0.05, 0) is 23.7 Å². The number of nitrogens with two attached hydrogens (primary N) is 1. The summed E-state index contributed by atoms with van der Waals surface area (Å²) < 4.78 is 74.9. The van der Waals surface area contributed by atoms with Crippen LogP contribution in [0.5, 0.6) is 0 Å². The molecule has 0 saturated heterocycles. The van der Waals surface area contributed by atoms with Crippen molar-refractivity contribution in [3.8, 4) is 0 Å². The maximum atomic E-state index is 12.6. The largest absolute Gasteiger partial charge is 0.419 e. The van der Waals surface area contributed by atoms with Crippen LogP contribution in [0.1, 0.15) is 21.5 Å². The normalized spacial score (nSPS) is 12.6. The first kappa shape index (κ1) is 14.6. The van der Waals surface area contributed by atoms with Gasteiger partial charge >= 0.3 is 12.4 Å². The van der Waals surface area contributed by atoms with Crippen LogP contribution < -0.4 is 5.73 Å². The molecule has 0 aliphatic rings. The first-order valence-electron chi connectivity index (χ1n) is 4.23. The maximum absolute atomic E-state index is 12.6. The van der Waals surface area contributed by atoms with Crippen LogP contribution in [-0.4, -0.2) is 5.24 Å². The van der Waals surface area contributed by atoms with E-state index in [4.69, 9.17) is 17.3 Å². The van der Waals surface area contributed by atoms with Crippen LogP contribution in [0.25, 0.3) is 0 Å². The van der Waals surface area contributed by atoms with Crippen LogP contribution in [0.3, 0.4) is 0 Å². The molecular formula is C9H4ClF6NO. The average Bonchev–Trinajstić information content (AvgIpc) is 2.12. The van der Waals surface area contributed by atoms with E-state index < -0.39 is 40.0 Å². The summed E-state index contributed by atoms with van der Waals surface area (Å²) in [6, 6.07) is 0.623. The molecule has 0 aliphatic heterocycles. The molecule has 0 atom stereocenters. The number of hydrogen-bond donors (Lipinski definition) is 1. The number of carbonyl (C=O) groups excluding carboxylic acids is 1. The molecule has 0 bridgehead atoms. The Bertz CT molecular complexity index is 493. The molecule has 1 rings (SSSR count). The summed E-state index contributed by atoms with van der Waals surface area (Å²) >= 11 is 4.88. The lowest BCUT2D eigenvalue weighted by molar-refractivity contribution is -0.141. The van der Waals surface area contributed by atoms with Gasteiger partial charge in [-0.2, -0.15) is 26.3 Å². The highest BCUT2D eigenvalue weighted by molar-refractivity contribution is 6.68. The van der Waals surface area contributed by atoms with Crippen LogP contribution in [0, 0.1) is 0 Å². The minimum absolute atomic E-state index is 0.278. The van der Waals surface area contributed by atoms with Gasteiger partial charge in [0.25, 0.3) is 5.24 Å². The Morgan fingerprint density at radius 1 is 1.06 bits per heavy atom. The topological polar surface area (TPSA) is 43.1 Å². The number of anilines is 1. The van der Waals surface area contributed by atoms with E-state index >= 15 is 0 Å². The fourth-order valence-corrected chi connectivity index (χ4v) is 1.49. The van der Waals surface area contributed by atoms with E-state index in [1.807, 2.05) is 0 Å². The molecule has 0 amide bonds. The number of benzene rings is 1. The molecule has 0 aliphatic carbocycles. The molecule has 0 aromatic heterocycles. The van der Waals surface area contributed by atoms with Crippen molar-refractivity contribution in [3.05, 3.63) is 28.8 Å². The minimum Gasteiger partial charge on any atom is -0.398 e. The zero-order valence-corrected chi connectivity index (χ0v) is 9.04. The monoisotopic (exact) mass is 291 g/mol. The van der Waals surface area contributed by atoms with Crippen molar-refractivity contribution in [1.29, 1.82) is 0 Å². The zero-order valence-electron chi connectivity index (χ0n) is 8.29. The Balaban J connectivity index is 3.67. The van der Waals surface area contributed by atoms with Crippen molar-refractivity contribution in [2.24, 2.45) is 0 Å². The Kier molecular flexibility index (Phi) is 3.53. The minimum atomic E-state index is -5.22. The van der Waals surface area contributed by atoms with E-state index in [2.05, 4.69) is 0 Å². The van der Waals surface area contributed by atoms with E-state index in [9.17, 15) is 31.1 Å². The molecule has 0 spiro atoms. The summed E-state index contributed by atoms with van der Waals surface area (Å²) in [5, 5.41) is -1.54. The van der Waals surface area contributed by atoms with E-state index in [0.29, 0.717) is 6.07 Å². The molecule has 18 heavy (non-hydrogen) atoms. The van der Waals surface area contributed by atoms with E-state index in [1.54, 1.807) is 0 Å². The highest BCUT2D eigenvalue weighted by atomic mass is 35.5. The zero-order chi connectivity index (χ0) is 14.3. The van der Waals surface area contributed by atoms with Gasteiger partial charge in [0.2, 0.25) is 0 Å². The number of rotatable bonds is 1. The SMILES string of the molecule is Nc1c(C(F)(F)F)ccc(C(=O)Cl)c1C(F)(F)F. The van der Waals surface area contributed by atoms with Gasteiger partial charge in [0.1, 0.15) is 0 Å². The molecule has 100 valence electrons. The predicted molar refractivity (Wildman–Crippen MR) is 51.0 cm³/mol. The van der Waals surface area contributed by atoms with Gasteiger partial charge in [-0.1, -0.05) is 0 Å². The van der Waals surface area contributed by atoms with Crippen LogP contribution in [-0.2, 0) is 12.4 Å². The molecule has 0 fully saturated rings. The van der Waals surface area contributed by atoms with Gasteiger partial charge in [0.15, 0.2) is 0 Å². The van der Waals surface area contributed by atoms with Crippen molar-refractivity contribution in [1.82, 2.24) is 0 Å². The van der Waals surface area contributed by atoms with Gasteiger partial charge in [-0.3, -0.25) is 4.79 Å². The van der Waals surface area contributed by atoms with Crippen LogP contribution >= 0.6 is 11.6 Å². The predicted octanol–water partition coefficient (Wildman–Crippen LogP) is 3.69. The fourth-order valence-electron chi connectivity index (χ4n) is 1.34.